The minimum absolute atomic E-state index is 0.0571. The van der Waals surface area contributed by atoms with Gasteiger partial charge < -0.3 is 11.1 Å². The van der Waals surface area contributed by atoms with Gasteiger partial charge in [-0.05, 0) is 30.6 Å². The van der Waals surface area contributed by atoms with Crippen LogP contribution >= 0.6 is 11.8 Å². The third-order valence-corrected chi connectivity index (χ3v) is 4.81. The summed E-state index contributed by atoms with van der Waals surface area (Å²) in [7, 11) is 0. The largest absolute Gasteiger partial charge is 0.352 e. The summed E-state index contributed by atoms with van der Waals surface area (Å²) in [5.41, 5.74) is 6.87. The molecule has 3 atom stereocenters. The molecule has 104 valence electrons. The van der Waals surface area contributed by atoms with Gasteiger partial charge in [-0.2, -0.15) is 11.8 Å². The summed E-state index contributed by atoms with van der Waals surface area (Å²) < 4.78 is 0. The first-order chi connectivity index (χ1) is 9.20. The molecule has 0 bridgehead atoms. The number of carbonyl (C=O) groups excluding carboxylic acids is 1. The van der Waals surface area contributed by atoms with E-state index in [-0.39, 0.29) is 5.91 Å². The highest BCUT2D eigenvalue weighted by Gasteiger charge is 2.27. The Labute approximate surface area is 119 Å². The number of thioether (sulfide) groups is 1. The SMILES string of the molecule is CCSC1CCC(NC(=O)[C@@H](N)c2ccccc2)C1. The maximum Gasteiger partial charge on any atom is 0.241 e. The lowest BCUT2D eigenvalue weighted by atomic mass is 10.1. The summed E-state index contributed by atoms with van der Waals surface area (Å²) in [5.74, 6) is 1.09. The summed E-state index contributed by atoms with van der Waals surface area (Å²) >= 11 is 1.99. The van der Waals surface area contributed by atoms with E-state index in [1.54, 1.807) is 0 Å². The Morgan fingerprint density at radius 3 is 2.84 bits per heavy atom. The van der Waals surface area contributed by atoms with Crippen molar-refractivity contribution in [2.24, 2.45) is 5.73 Å². The molecule has 0 saturated heterocycles. The van der Waals surface area contributed by atoms with Gasteiger partial charge in [0.05, 0.1) is 0 Å². The molecule has 4 heteroatoms. The van der Waals surface area contributed by atoms with Gasteiger partial charge in [0, 0.05) is 11.3 Å². The van der Waals surface area contributed by atoms with Gasteiger partial charge in [-0.3, -0.25) is 4.79 Å². The number of hydrogen-bond acceptors (Lipinski definition) is 3. The average Bonchev–Trinajstić information content (AvgIpc) is 2.86. The quantitative estimate of drug-likeness (QED) is 0.870. The van der Waals surface area contributed by atoms with Crippen LogP contribution in [0.5, 0.6) is 0 Å². The number of benzene rings is 1. The van der Waals surface area contributed by atoms with Crippen LogP contribution in [0.4, 0.5) is 0 Å². The van der Waals surface area contributed by atoms with Crippen LogP contribution in [0.1, 0.15) is 37.8 Å². The van der Waals surface area contributed by atoms with Gasteiger partial charge in [-0.1, -0.05) is 37.3 Å². The summed E-state index contributed by atoms with van der Waals surface area (Å²) in [5, 5.41) is 3.79. The lowest BCUT2D eigenvalue weighted by Crippen LogP contribution is -2.39. The molecule has 3 nitrogen and oxygen atoms in total. The fourth-order valence-corrected chi connectivity index (χ4v) is 3.70. The number of rotatable bonds is 5. The van der Waals surface area contributed by atoms with Crippen molar-refractivity contribution in [3.8, 4) is 0 Å². The third-order valence-electron chi connectivity index (χ3n) is 3.57. The Balaban J connectivity index is 1.85. The first-order valence-electron chi connectivity index (χ1n) is 6.93. The predicted molar refractivity (Wildman–Crippen MR) is 81.1 cm³/mol. The molecule has 2 rings (SSSR count). The molecule has 1 amide bonds. The molecule has 0 aromatic heterocycles. The Bertz CT molecular complexity index is 410. The van der Waals surface area contributed by atoms with Crippen molar-refractivity contribution in [2.45, 2.75) is 43.5 Å². The summed E-state index contributed by atoms with van der Waals surface area (Å²) in [6.07, 6.45) is 3.35. The molecule has 1 aromatic carbocycles. The Morgan fingerprint density at radius 2 is 2.16 bits per heavy atom. The zero-order valence-corrected chi connectivity index (χ0v) is 12.2. The summed E-state index contributed by atoms with van der Waals surface area (Å²) in [4.78, 5) is 12.1. The minimum Gasteiger partial charge on any atom is -0.352 e. The lowest BCUT2D eigenvalue weighted by molar-refractivity contribution is -0.123. The number of nitrogens with one attached hydrogen (secondary N) is 1. The molecule has 1 aliphatic rings. The highest BCUT2D eigenvalue weighted by molar-refractivity contribution is 7.99. The molecule has 1 saturated carbocycles. The molecule has 0 spiro atoms. The Morgan fingerprint density at radius 1 is 1.42 bits per heavy atom. The second kappa shape index (κ2) is 6.96. The fourth-order valence-electron chi connectivity index (χ4n) is 2.56. The van der Waals surface area contributed by atoms with Gasteiger partial charge in [0.25, 0.3) is 0 Å². The van der Waals surface area contributed by atoms with Crippen molar-refractivity contribution < 1.29 is 4.79 Å². The van der Waals surface area contributed by atoms with E-state index in [4.69, 9.17) is 5.73 Å². The molecule has 1 aromatic rings. The van der Waals surface area contributed by atoms with Crippen molar-refractivity contribution in [1.82, 2.24) is 5.32 Å². The van der Waals surface area contributed by atoms with Gasteiger partial charge in [0.1, 0.15) is 6.04 Å². The van der Waals surface area contributed by atoms with Crippen molar-refractivity contribution in [2.75, 3.05) is 5.75 Å². The summed E-state index contributed by atoms with van der Waals surface area (Å²) in [6, 6.07) is 9.28. The lowest BCUT2D eigenvalue weighted by Gasteiger charge is -2.17. The maximum absolute atomic E-state index is 12.1. The fraction of sp³-hybridized carbons (Fsp3) is 0.533. The molecular weight excluding hydrogens is 256 g/mol. The number of carbonyl (C=O) groups is 1. The standard InChI is InChI=1S/C15H22N2OS/c1-2-19-13-9-8-12(10-13)17-15(18)14(16)11-6-4-3-5-7-11/h3-7,12-14H,2,8-10,16H2,1H3,(H,17,18)/t12?,13?,14-/m0/s1. The predicted octanol–water partition coefficient (Wildman–Crippen LogP) is 2.48. The molecule has 2 unspecified atom stereocenters. The molecule has 0 radical (unpaired) electrons. The van der Waals surface area contributed by atoms with E-state index < -0.39 is 6.04 Å². The van der Waals surface area contributed by atoms with Crippen molar-refractivity contribution in [3.63, 3.8) is 0 Å². The van der Waals surface area contributed by atoms with E-state index >= 15 is 0 Å². The van der Waals surface area contributed by atoms with Crippen molar-refractivity contribution >= 4 is 17.7 Å². The molecule has 0 heterocycles. The molecular formula is C15H22N2OS. The van der Waals surface area contributed by atoms with E-state index in [1.807, 2.05) is 42.1 Å². The van der Waals surface area contributed by atoms with Crippen LogP contribution in [0, 0.1) is 0 Å². The second-order valence-corrected chi connectivity index (χ2v) is 6.56. The van der Waals surface area contributed by atoms with E-state index in [1.165, 1.54) is 6.42 Å². The topological polar surface area (TPSA) is 55.1 Å². The normalized spacial score (nSPS) is 24.1. The maximum atomic E-state index is 12.1. The first kappa shape index (κ1) is 14.4. The van der Waals surface area contributed by atoms with E-state index in [2.05, 4.69) is 12.2 Å². The molecule has 3 N–H and O–H groups in total. The van der Waals surface area contributed by atoms with Gasteiger partial charge in [-0.15, -0.1) is 0 Å². The smallest absolute Gasteiger partial charge is 0.241 e. The van der Waals surface area contributed by atoms with Crippen molar-refractivity contribution in [1.29, 1.82) is 0 Å². The van der Waals surface area contributed by atoms with Gasteiger partial charge in [0.2, 0.25) is 5.91 Å². The van der Waals surface area contributed by atoms with Crippen LogP contribution < -0.4 is 11.1 Å². The molecule has 1 aliphatic carbocycles. The van der Waals surface area contributed by atoms with E-state index in [9.17, 15) is 4.79 Å². The highest BCUT2D eigenvalue weighted by Crippen LogP contribution is 2.29. The van der Waals surface area contributed by atoms with Crippen LogP contribution in [0.15, 0.2) is 30.3 Å². The molecule has 0 aliphatic heterocycles. The van der Waals surface area contributed by atoms with Crippen LogP contribution in [0.3, 0.4) is 0 Å². The zero-order valence-electron chi connectivity index (χ0n) is 11.3. The Hall–Kier alpha value is -1.00. The third kappa shape index (κ3) is 3.98. The Kier molecular flexibility index (Phi) is 5.28. The number of hydrogen-bond donors (Lipinski definition) is 2. The van der Waals surface area contributed by atoms with Crippen LogP contribution in [-0.2, 0) is 4.79 Å². The minimum atomic E-state index is -0.556. The van der Waals surface area contributed by atoms with E-state index in [0.29, 0.717) is 11.3 Å². The van der Waals surface area contributed by atoms with Crippen LogP contribution in [0.2, 0.25) is 0 Å². The summed E-state index contributed by atoms with van der Waals surface area (Å²) in [6.45, 7) is 2.18. The highest BCUT2D eigenvalue weighted by atomic mass is 32.2. The number of nitrogens with two attached hydrogens (primary N) is 1. The van der Waals surface area contributed by atoms with Gasteiger partial charge in [0.15, 0.2) is 0 Å². The zero-order chi connectivity index (χ0) is 13.7. The number of amides is 1. The van der Waals surface area contributed by atoms with Crippen LogP contribution in [-0.4, -0.2) is 23.0 Å². The monoisotopic (exact) mass is 278 g/mol. The molecule has 19 heavy (non-hydrogen) atoms. The van der Waals surface area contributed by atoms with Gasteiger partial charge >= 0.3 is 0 Å². The molecule has 1 fully saturated rings. The van der Waals surface area contributed by atoms with Gasteiger partial charge in [-0.25, -0.2) is 0 Å². The van der Waals surface area contributed by atoms with Crippen LogP contribution in [0.25, 0.3) is 0 Å². The average molecular weight is 278 g/mol. The first-order valence-corrected chi connectivity index (χ1v) is 7.98. The van der Waals surface area contributed by atoms with E-state index in [0.717, 1.165) is 24.2 Å². The van der Waals surface area contributed by atoms with Crippen molar-refractivity contribution in [3.05, 3.63) is 35.9 Å². The second-order valence-electron chi connectivity index (χ2n) is 4.98.